The van der Waals surface area contributed by atoms with E-state index in [0.717, 1.165) is 33.9 Å². The first-order chi connectivity index (χ1) is 15.4. The third-order valence-corrected chi connectivity index (χ3v) is 4.49. The molecule has 0 saturated heterocycles. The normalized spacial score (nSPS) is 9.62. The van der Waals surface area contributed by atoms with Crippen molar-refractivity contribution in [2.24, 2.45) is 0 Å². The standard InChI is InChI=1S/C17H11N.C12H10N.Ni/c1-3-8-14(9-4-1)16-12-7-13-17(18-16)15-10-5-2-6-11-15;1-3-7-11(8-4-1)13-12-9-5-2-6-10-12;/h1-8,10,12-13H;1-10H;/q-2;-1;+3. The molecule has 32 heavy (non-hydrogen) atoms. The predicted molar refractivity (Wildman–Crippen MR) is 128 cm³/mol. The van der Waals surface area contributed by atoms with Crippen LogP contribution in [0.3, 0.4) is 0 Å². The second-order valence-electron chi connectivity index (χ2n) is 6.74. The molecule has 1 aromatic heterocycles. The minimum absolute atomic E-state index is 0. The van der Waals surface area contributed by atoms with E-state index in [1.165, 1.54) is 0 Å². The smallest absolute Gasteiger partial charge is 0.658 e. The molecule has 157 valence electrons. The number of hydrogen-bond donors (Lipinski definition) is 0. The Balaban J connectivity index is 0.000000184. The van der Waals surface area contributed by atoms with Crippen molar-refractivity contribution in [1.29, 1.82) is 0 Å². The molecule has 1 heterocycles. The minimum atomic E-state index is 0. The Morgan fingerprint density at radius 2 is 0.906 bits per heavy atom. The van der Waals surface area contributed by atoms with E-state index >= 15 is 0 Å². The average Bonchev–Trinajstić information content (AvgIpc) is 2.87. The maximum Gasteiger partial charge on any atom is 3.00 e. The zero-order chi connectivity index (χ0) is 21.1. The third-order valence-electron chi connectivity index (χ3n) is 4.49. The van der Waals surface area contributed by atoms with Crippen LogP contribution in [-0.4, -0.2) is 4.98 Å². The largest absolute Gasteiger partial charge is 3.00 e. The van der Waals surface area contributed by atoms with E-state index in [9.17, 15) is 0 Å². The molecule has 0 atom stereocenters. The molecule has 4 aromatic carbocycles. The van der Waals surface area contributed by atoms with Crippen LogP contribution in [0.1, 0.15) is 0 Å². The van der Waals surface area contributed by atoms with Crippen LogP contribution in [0.15, 0.2) is 127 Å². The van der Waals surface area contributed by atoms with Gasteiger partial charge in [-0.25, -0.2) is 0 Å². The topological polar surface area (TPSA) is 27.0 Å². The fraction of sp³-hybridized carbons (Fsp3) is 0. The Kier molecular flexibility index (Phi) is 8.80. The summed E-state index contributed by atoms with van der Waals surface area (Å²) in [5.74, 6) is 0. The summed E-state index contributed by atoms with van der Waals surface area (Å²) in [4.78, 5) is 4.65. The zero-order valence-electron chi connectivity index (χ0n) is 17.3. The summed E-state index contributed by atoms with van der Waals surface area (Å²) in [5, 5.41) is 4.44. The van der Waals surface area contributed by atoms with Crippen LogP contribution in [0.2, 0.25) is 0 Å². The molecule has 0 aliphatic carbocycles. The van der Waals surface area contributed by atoms with E-state index in [2.05, 4.69) is 22.4 Å². The van der Waals surface area contributed by atoms with Crippen LogP contribution < -0.4 is 0 Å². The van der Waals surface area contributed by atoms with Gasteiger partial charge < -0.3 is 10.3 Å². The molecule has 5 aromatic rings. The van der Waals surface area contributed by atoms with Gasteiger partial charge in [0.1, 0.15) is 0 Å². The Hall–Kier alpha value is -3.68. The fourth-order valence-corrected chi connectivity index (χ4v) is 2.99. The van der Waals surface area contributed by atoms with Crippen molar-refractivity contribution >= 4 is 11.4 Å². The number of para-hydroxylation sites is 2. The van der Waals surface area contributed by atoms with Crippen LogP contribution in [-0.2, 0) is 16.5 Å². The Morgan fingerprint density at radius 1 is 0.469 bits per heavy atom. The summed E-state index contributed by atoms with van der Waals surface area (Å²) in [6.45, 7) is 0. The van der Waals surface area contributed by atoms with E-state index in [1.54, 1.807) is 0 Å². The second-order valence-corrected chi connectivity index (χ2v) is 6.74. The first-order valence-corrected chi connectivity index (χ1v) is 10.1. The van der Waals surface area contributed by atoms with Crippen molar-refractivity contribution in [2.45, 2.75) is 0 Å². The van der Waals surface area contributed by atoms with Gasteiger partial charge in [0.15, 0.2) is 0 Å². The van der Waals surface area contributed by atoms with Gasteiger partial charge >= 0.3 is 16.5 Å². The van der Waals surface area contributed by atoms with Gasteiger partial charge in [-0.1, -0.05) is 78.9 Å². The van der Waals surface area contributed by atoms with Crippen LogP contribution in [0.4, 0.5) is 11.4 Å². The quantitative estimate of drug-likeness (QED) is 0.199. The molecule has 2 nitrogen and oxygen atoms in total. The molecule has 0 aliphatic heterocycles. The van der Waals surface area contributed by atoms with E-state index < -0.39 is 0 Å². The summed E-state index contributed by atoms with van der Waals surface area (Å²) >= 11 is 0. The van der Waals surface area contributed by atoms with Crippen molar-refractivity contribution in [2.75, 3.05) is 0 Å². The van der Waals surface area contributed by atoms with Crippen molar-refractivity contribution in [3.8, 4) is 22.5 Å². The average molecular weight is 456 g/mol. The molecule has 5 rings (SSSR count). The van der Waals surface area contributed by atoms with E-state index in [1.807, 2.05) is 127 Å². The van der Waals surface area contributed by atoms with Crippen LogP contribution in [0.25, 0.3) is 27.8 Å². The summed E-state index contributed by atoms with van der Waals surface area (Å²) < 4.78 is 0. The number of nitrogens with zero attached hydrogens (tertiary/aromatic N) is 2. The fourth-order valence-electron chi connectivity index (χ4n) is 2.99. The molecular formula is C29H21N2Ni. The van der Waals surface area contributed by atoms with Gasteiger partial charge in [-0.2, -0.15) is 0 Å². The Morgan fingerprint density at radius 3 is 1.31 bits per heavy atom. The second kappa shape index (κ2) is 12.2. The molecule has 1 radical (unpaired) electrons. The molecule has 0 unspecified atom stereocenters. The van der Waals surface area contributed by atoms with Crippen LogP contribution in [0, 0.1) is 12.1 Å². The number of rotatable bonds is 4. The maximum absolute atomic E-state index is 4.65. The summed E-state index contributed by atoms with van der Waals surface area (Å²) in [6, 6.07) is 48.0. The van der Waals surface area contributed by atoms with Gasteiger partial charge in [-0.05, 0) is 11.4 Å². The van der Waals surface area contributed by atoms with Crippen molar-refractivity contribution in [1.82, 2.24) is 4.98 Å². The van der Waals surface area contributed by atoms with Crippen LogP contribution >= 0.6 is 0 Å². The third kappa shape index (κ3) is 6.67. The first kappa shape index (κ1) is 23.0. The Labute approximate surface area is 199 Å². The van der Waals surface area contributed by atoms with Gasteiger partial charge in [0, 0.05) is 0 Å². The van der Waals surface area contributed by atoms with Gasteiger partial charge in [0.05, 0.1) is 0 Å². The molecule has 0 fully saturated rings. The van der Waals surface area contributed by atoms with E-state index in [-0.39, 0.29) is 16.5 Å². The van der Waals surface area contributed by atoms with Crippen LogP contribution in [0.5, 0.6) is 0 Å². The van der Waals surface area contributed by atoms with Gasteiger partial charge in [-0.3, -0.25) is 0 Å². The van der Waals surface area contributed by atoms with Gasteiger partial charge in [0.25, 0.3) is 0 Å². The molecule has 0 bridgehead atoms. The molecule has 0 amide bonds. The summed E-state index contributed by atoms with van der Waals surface area (Å²) in [5.41, 5.74) is 5.88. The SMILES string of the molecule is [Ni+3].[c-]1ccccc1-c1cccc(-c2[c-]cccc2)n1.c1ccc([N-]c2ccccc2)cc1. The molecule has 0 spiro atoms. The zero-order valence-corrected chi connectivity index (χ0v) is 18.3. The molecule has 0 saturated carbocycles. The van der Waals surface area contributed by atoms with Gasteiger partial charge in [0.2, 0.25) is 0 Å². The summed E-state index contributed by atoms with van der Waals surface area (Å²) in [7, 11) is 0. The molecule has 3 heteroatoms. The number of pyridine rings is 1. The monoisotopic (exact) mass is 455 g/mol. The number of aromatic nitrogens is 1. The Bertz CT molecular complexity index is 1090. The van der Waals surface area contributed by atoms with E-state index in [4.69, 9.17) is 0 Å². The van der Waals surface area contributed by atoms with Crippen molar-refractivity contribution in [3.05, 3.63) is 145 Å². The maximum atomic E-state index is 4.65. The molecular weight excluding hydrogens is 435 g/mol. The first-order valence-electron chi connectivity index (χ1n) is 10.1. The summed E-state index contributed by atoms with van der Waals surface area (Å²) in [6.07, 6.45) is 0. The van der Waals surface area contributed by atoms with E-state index in [0.29, 0.717) is 0 Å². The number of benzene rings is 4. The van der Waals surface area contributed by atoms with Crippen molar-refractivity contribution in [3.63, 3.8) is 0 Å². The predicted octanol–water partition coefficient (Wildman–Crippen LogP) is 8.04. The number of hydrogen-bond acceptors (Lipinski definition) is 1. The van der Waals surface area contributed by atoms with Gasteiger partial charge in [-0.15, -0.1) is 83.2 Å². The molecule has 0 N–H and O–H groups in total. The molecule has 0 aliphatic rings. The van der Waals surface area contributed by atoms with Crippen molar-refractivity contribution < 1.29 is 16.5 Å². The minimum Gasteiger partial charge on any atom is -0.658 e.